The zero-order chi connectivity index (χ0) is 26.0. The van der Waals surface area contributed by atoms with E-state index in [0.717, 1.165) is 31.9 Å². The van der Waals surface area contributed by atoms with Gasteiger partial charge in [-0.25, -0.2) is 18.2 Å². The molecule has 4 rings (SSSR count). The fraction of sp³-hybridized carbons (Fsp3) is 0.520. The Morgan fingerprint density at radius 1 is 1.19 bits per heavy atom. The first-order valence-corrected chi connectivity index (χ1v) is 12.1. The number of benzene rings is 1. The molecular formula is C25H33F3N6O2. The SMILES string of the molecule is C=C(Nc1c(C=N)nc(Nc2c(F)cc(F)cc2F)n1[C@H]1CCOC1)NC1CCC(C(C)(C)O)CC1. The van der Waals surface area contributed by atoms with Crippen molar-refractivity contribution in [1.82, 2.24) is 14.9 Å². The van der Waals surface area contributed by atoms with E-state index >= 15 is 0 Å². The van der Waals surface area contributed by atoms with E-state index in [2.05, 4.69) is 27.5 Å². The van der Waals surface area contributed by atoms with Crippen molar-refractivity contribution in [1.29, 1.82) is 5.41 Å². The van der Waals surface area contributed by atoms with Crippen LogP contribution < -0.4 is 16.0 Å². The molecule has 1 atom stereocenters. The highest BCUT2D eigenvalue weighted by Crippen LogP contribution is 2.35. The van der Waals surface area contributed by atoms with Crippen LogP contribution in [0.25, 0.3) is 0 Å². The van der Waals surface area contributed by atoms with E-state index in [1.165, 1.54) is 0 Å². The molecule has 1 aliphatic carbocycles. The van der Waals surface area contributed by atoms with Gasteiger partial charge in [-0.15, -0.1) is 0 Å². The number of rotatable bonds is 9. The van der Waals surface area contributed by atoms with Gasteiger partial charge in [0.25, 0.3) is 0 Å². The first-order valence-electron chi connectivity index (χ1n) is 12.1. The van der Waals surface area contributed by atoms with Gasteiger partial charge in [0, 0.05) is 31.0 Å². The summed E-state index contributed by atoms with van der Waals surface area (Å²) in [5.41, 5.74) is -1.01. The second-order valence-corrected chi connectivity index (χ2v) is 10.0. The summed E-state index contributed by atoms with van der Waals surface area (Å²) < 4.78 is 49.3. The van der Waals surface area contributed by atoms with Gasteiger partial charge in [-0.2, -0.15) is 0 Å². The summed E-state index contributed by atoms with van der Waals surface area (Å²) in [4.78, 5) is 4.38. The maximum absolute atomic E-state index is 14.4. The number of hydrogen-bond acceptors (Lipinski definition) is 7. The van der Waals surface area contributed by atoms with E-state index in [1.54, 1.807) is 4.57 Å². The minimum atomic E-state index is -1.09. The van der Waals surface area contributed by atoms with Gasteiger partial charge < -0.3 is 31.2 Å². The fourth-order valence-electron chi connectivity index (χ4n) is 4.99. The molecule has 1 aliphatic heterocycles. The van der Waals surface area contributed by atoms with E-state index in [0.29, 0.717) is 43.4 Å². The third-order valence-corrected chi connectivity index (χ3v) is 6.96. The Kier molecular flexibility index (Phi) is 7.60. The van der Waals surface area contributed by atoms with E-state index < -0.39 is 28.7 Å². The third kappa shape index (κ3) is 5.67. The highest BCUT2D eigenvalue weighted by Gasteiger charge is 2.32. The van der Waals surface area contributed by atoms with Crippen molar-refractivity contribution in [3.8, 4) is 0 Å². The van der Waals surface area contributed by atoms with Gasteiger partial charge in [0.1, 0.15) is 23.0 Å². The number of anilines is 3. The fourth-order valence-corrected chi connectivity index (χ4v) is 4.99. The number of ether oxygens (including phenoxy) is 1. The first kappa shape index (κ1) is 26.0. The van der Waals surface area contributed by atoms with Crippen LogP contribution >= 0.6 is 0 Å². The highest BCUT2D eigenvalue weighted by molar-refractivity contribution is 5.84. The molecule has 1 aromatic carbocycles. The maximum atomic E-state index is 14.4. The molecule has 196 valence electrons. The number of imidazole rings is 1. The Morgan fingerprint density at radius 3 is 2.42 bits per heavy atom. The van der Waals surface area contributed by atoms with Crippen LogP contribution in [-0.2, 0) is 4.74 Å². The molecule has 0 bridgehead atoms. The number of halogens is 3. The Bertz CT molecular complexity index is 1090. The van der Waals surface area contributed by atoms with Gasteiger partial charge in [-0.1, -0.05) is 6.58 Å². The second kappa shape index (κ2) is 10.5. The maximum Gasteiger partial charge on any atom is 0.210 e. The van der Waals surface area contributed by atoms with E-state index in [-0.39, 0.29) is 29.6 Å². The normalized spacial score (nSPS) is 22.3. The zero-order valence-corrected chi connectivity index (χ0v) is 20.5. The van der Waals surface area contributed by atoms with Crippen LogP contribution in [0.5, 0.6) is 0 Å². The van der Waals surface area contributed by atoms with Crippen molar-refractivity contribution in [3.63, 3.8) is 0 Å². The van der Waals surface area contributed by atoms with Crippen molar-refractivity contribution in [2.24, 2.45) is 5.92 Å². The summed E-state index contributed by atoms with van der Waals surface area (Å²) in [5, 5.41) is 27.4. The first-order chi connectivity index (χ1) is 17.1. The molecule has 0 unspecified atom stereocenters. The molecule has 36 heavy (non-hydrogen) atoms. The van der Waals surface area contributed by atoms with E-state index in [1.807, 2.05) is 13.8 Å². The monoisotopic (exact) mass is 506 g/mol. The molecule has 8 nitrogen and oxygen atoms in total. The Morgan fingerprint density at radius 2 is 1.86 bits per heavy atom. The molecule has 2 aliphatic rings. The summed E-state index contributed by atoms with van der Waals surface area (Å²) >= 11 is 0. The van der Waals surface area contributed by atoms with Crippen molar-refractivity contribution in [2.75, 3.05) is 23.8 Å². The lowest BCUT2D eigenvalue weighted by Gasteiger charge is -2.36. The van der Waals surface area contributed by atoms with Crippen LogP contribution in [0.2, 0.25) is 0 Å². The van der Waals surface area contributed by atoms with Gasteiger partial charge in [-0.05, 0) is 51.9 Å². The predicted molar refractivity (Wildman–Crippen MR) is 132 cm³/mol. The van der Waals surface area contributed by atoms with Crippen LogP contribution in [-0.4, -0.2) is 45.7 Å². The summed E-state index contributed by atoms with van der Waals surface area (Å²) in [7, 11) is 0. The lowest BCUT2D eigenvalue weighted by Crippen LogP contribution is -2.40. The molecule has 1 saturated carbocycles. The average molecular weight is 507 g/mol. The van der Waals surface area contributed by atoms with Crippen molar-refractivity contribution in [2.45, 2.75) is 63.6 Å². The van der Waals surface area contributed by atoms with Gasteiger partial charge >= 0.3 is 0 Å². The molecule has 0 radical (unpaired) electrons. The third-order valence-electron chi connectivity index (χ3n) is 6.96. The smallest absolute Gasteiger partial charge is 0.210 e. The molecule has 2 fully saturated rings. The van der Waals surface area contributed by atoms with E-state index in [4.69, 9.17) is 10.1 Å². The standard InChI is InChI=1S/C25H33F3N6O2/c1-14(30-17-6-4-15(5-7-17)25(2,3)35)31-23-21(12-29)32-24(34(23)18-8-9-36-13-18)33-22-19(27)10-16(26)11-20(22)28/h10-12,15,17-18,29-31,35H,1,4-9,13H2,2-3H3,(H,32,33)/t15?,17?,18-/m0/s1. The minimum absolute atomic E-state index is 0.0920. The second-order valence-electron chi connectivity index (χ2n) is 10.0. The number of aromatic nitrogens is 2. The summed E-state index contributed by atoms with van der Waals surface area (Å²) in [5.74, 6) is -1.96. The van der Waals surface area contributed by atoms with Gasteiger partial charge in [-0.3, -0.25) is 4.57 Å². The zero-order valence-electron chi connectivity index (χ0n) is 20.5. The van der Waals surface area contributed by atoms with Crippen molar-refractivity contribution < 1.29 is 23.0 Å². The Hall–Kier alpha value is -3.05. The molecule has 11 heteroatoms. The van der Waals surface area contributed by atoms with Crippen LogP contribution in [0, 0.1) is 28.8 Å². The Labute approximate surface area is 208 Å². The quantitative estimate of drug-likeness (QED) is 0.313. The average Bonchev–Trinajstić information content (AvgIpc) is 3.43. The summed E-state index contributed by atoms with van der Waals surface area (Å²) in [6.45, 7) is 8.63. The van der Waals surface area contributed by atoms with Crippen molar-refractivity contribution in [3.05, 3.63) is 47.7 Å². The predicted octanol–water partition coefficient (Wildman–Crippen LogP) is 4.81. The van der Waals surface area contributed by atoms with Gasteiger partial charge in [0.15, 0.2) is 11.6 Å². The number of hydrogen-bond donors (Lipinski definition) is 5. The number of nitrogens with zero attached hydrogens (tertiary/aromatic N) is 2. The largest absolute Gasteiger partial charge is 0.390 e. The number of nitrogens with one attached hydrogen (secondary N) is 4. The van der Waals surface area contributed by atoms with E-state index in [9.17, 15) is 18.3 Å². The summed E-state index contributed by atoms with van der Waals surface area (Å²) in [6, 6.07) is 1.13. The highest BCUT2D eigenvalue weighted by atomic mass is 19.1. The molecule has 1 aromatic heterocycles. The topological polar surface area (TPSA) is 107 Å². The molecule has 2 heterocycles. The molecule has 5 N–H and O–H groups in total. The van der Waals surface area contributed by atoms with Crippen LogP contribution in [0.1, 0.15) is 57.7 Å². The van der Waals surface area contributed by atoms with Crippen LogP contribution in [0.3, 0.4) is 0 Å². The number of aliphatic hydroxyl groups is 1. The lowest BCUT2D eigenvalue weighted by molar-refractivity contribution is -0.00237. The summed E-state index contributed by atoms with van der Waals surface area (Å²) in [6.07, 6.45) is 5.20. The lowest BCUT2D eigenvalue weighted by atomic mass is 9.77. The van der Waals surface area contributed by atoms with Crippen molar-refractivity contribution >= 4 is 23.7 Å². The molecule has 0 amide bonds. The van der Waals surface area contributed by atoms with Crippen LogP contribution in [0.15, 0.2) is 24.5 Å². The molecule has 1 saturated heterocycles. The minimum Gasteiger partial charge on any atom is -0.390 e. The van der Waals surface area contributed by atoms with Gasteiger partial charge in [0.05, 0.1) is 24.1 Å². The molecular weight excluding hydrogens is 473 g/mol. The molecule has 2 aromatic rings. The van der Waals surface area contributed by atoms with Crippen LogP contribution in [0.4, 0.5) is 30.6 Å². The molecule has 0 spiro atoms. The Balaban J connectivity index is 1.56. The van der Waals surface area contributed by atoms with Gasteiger partial charge in [0.2, 0.25) is 5.95 Å².